The molecule has 1 aliphatic heterocycles. The first-order valence-corrected chi connectivity index (χ1v) is 8.16. The fraction of sp³-hybridized carbons (Fsp3) is 0.625. The molecule has 0 aromatic carbocycles. The van der Waals surface area contributed by atoms with Gasteiger partial charge >= 0.3 is 5.97 Å². The van der Waals surface area contributed by atoms with Gasteiger partial charge in [0.05, 0.1) is 24.4 Å². The quantitative estimate of drug-likeness (QED) is 0.768. The molecule has 0 aliphatic carbocycles. The summed E-state index contributed by atoms with van der Waals surface area (Å²) in [5.41, 5.74) is 2.56. The van der Waals surface area contributed by atoms with Crippen LogP contribution >= 0.6 is 0 Å². The number of rotatable bonds is 3. The van der Waals surface area contributed by atoms with E-state index in [1.54, 1.807) is 10.8 Å². The van der Waals surface area contributed by atoms with Crippen LogP contribution in [-0.2, 0) is 9.53 Å². The van der Waals surface area contributed by atoms with Crippen LogP contribution in [0.5, 0.6) is 0 Å². The maximum Gasteiger partial charge on any atom is 0.310 e. The van der Waals surface area contributed by atoms with Crippen LogP contribution in [0.3, 0.4) is 0 Å². The molecule has 0 unspecified atom stereocenters. The van der Waals surface area contributed by atoms with Gasteiger partial charge in [0.2, 0.25) is 5.65 Å². The van der Waals surface area contributed by atoms with Gasteiger partial charge in [-0.2, -0.15) is 9.61 Å². The van der Waals surface area contributed by atoms with Crippen LogP contribution in [0.25, 0.3) is 5.65 Å². The van der Waals surface area contributed by atoms with Gasteiger partial charge in [-0.05, 0) is 39.9 Å². The number of fused-ring (bicyclic) bond motifs is 1. The van der Waals surface area contributed by atoms with Crippen LogP contribution in [0.2, 0.25) is 0 Å². The van der Waals surface area contributed by atoms with Gasteiger partial charge in [0, 0.05) is 19.1 Å². The zero-order chi connectivity index (χ0) is 17.3. The molecule has 24 heavy (non-hydrogen) atoms. The lowest BCUT2D eigenvalue weighted by Crippen LogP contribution is -2.40. The van der Waals surface area contributed by atoms with Crippen molar-refractivity contribution in [3.63, 3.8) is 0 Å². The molecule has 1 fully saturated rings. The maximum atomic E-state index is 12.1. The Morgan fingerprint density at radius 1 is 1.33 bits per heavy atom. The molecule has 2 aromatic heterocycles. The SMILES string of the molecule is COC(=O)[C@H]1CC[C@@H](N(C)C)CN(c2cc(C)nn3cnnc23)C1. The van der Waals surface area contributed by atoms with Gasteiger partial charge in [0.1, 0.15) is 6.33 Å². The van der Waals surface area contributed by atoms with E-state index < -0.39 is 0 Å². The highest BCUT2D eigenvalue weighted by atomic mass is 16.5. The zero-order valence-electron chi connectivity index (χ0n) is 14.6. The van der Waals surface area contributed by atoms with Gasteiger partial charge in [-0.1, -0.05) is 0 Å². The molecule has 0 N–H and O–H groups in total. The summed E-state index contributed by atoms with van der Waals surface area (Å²) < 4.78 is 6.68. The lowest BCUT2D eigenvalue weighted by atomic mass is 10.0. The molecule has 8 nitrogen and oxygen atoms in total. The van der Waals surface area contributed by atoms with Gasteiger partial charge in [-0.3, -0.25) is 4.79 Å². The topological polar surface area (TPSA) is 75.9 Å². The van der Waals surface area contributed by atoms with Crippen LogP contribution in [0.4, 0.5) is 5.69 Å². The van der Waals surface area contributed by atoms with E-state index in [0.29, 0.717) is 18.2 Å². The number of anilines is 1. The van der Waals surface area contributed by atoms with Crippen molar-refractivity contribution in [2.45, 2.75) is 25.8 Å². The molecule has 3 heterocycles. The Bertz CT molecular complexity index is 728. The number of hydrogen-bond donors (Lipinski definition) is 0. The fourth-order valence-electron chi connectivity index (χ4n) is 3.31. The van der Waals surface area contributed by atoms with E-state index in [0.717, 1.165) is 30.8 Å². The molecule has 3 rings (SSSR count). The second-order valence-corrected chi connectivity index (χ2v) is 6.59. The molecular formula is C16H24N6O2. The first-order chi connectivity index (χ1) is 11.5. The molecule has 0 amide bonds. The summed E-state index contributed by atoms with van der Waals surface area (Å²) in [4.78, 5) is 16.6. The number of carbonyl (C=O) groups is 1. The van der Waals surface area contributed by atoms with E-state index in [1.807, 2.05) is 13.0 Å². The van der Waals surface area contributed by atoms with Gasteiger partial charge < -0.3 is 14.5 Å². The zero-order valence-corrected chi connectivity index (χ0v) is 14.6. The normalized spacial score (nSPS) is 22.0. The van der Waals surface area contributed by atoms with Crippen molar-refractivity contribution < 1.29 is 9.53 Å². The minimum atomic E-state index is -0.150. The predicted octanol–water partition coefficient (Wildman–Crippen LogP) is 0.752. The Morgan fingerprint density at radius 2 is 2.12 bits per heavy atom. The second kappa shape index (κ2) is 6.72. The van der Waals surface area contributed by atoms with Gasteiger partial charge in [0.25, 0.3) is 0 Å². The maximum absolute atomic E-state index is 12.1. The Hall–Kier alpha value is -2.22. The average Bonchev–Trinajstić information content (AvgIpc) is 2.90. The van der Waals surface area contributed by atoms with Crippen LogP contribution in [0, 0.1) is 12.8 Å². The summed E-state index contributed by atoms with van der Waals surface area (Å²) in [5.74, 6) is -0.293. The Kier molecular flexibility index (Phi) is 4.66. The number of aromatic nitrogens is 4. The van der Waals surface area contributed by atoms with E-state index in [4.69, 9.17) is 4.74 Å². The van der Waals surface area contributed by atoms with Crippen molar-refractivity contribution in [1.82, 2.24) is 24.7 Å². The highest BCUT2D eigenvalue weighted by molar-refractivity contribution is 5.75. The van der Waals surface area contributed by atoms with Gasteiger partial charge in [-0.25, -0.2) is 0 Å². The summed E-state index contributed by atoms with van der Waals surface area (Å²) in [6.45, 7) is 3.39. The van der Waals surface area contributed by atoms with Crippen molar-refractivity contribution in [2.24, 2.45) is 5.92 Å². The monoisotopic (exact) mass is 332 g/mol. The lowest BCUT2D eigenvalue weighted by molar-refractivity contribution is -0.145. The number of ether oxygens (including phenoxy) is 1. The third-order valence-corrected chi connectivity index (χ3v) is 4.70. The Balaban J connectivity index is 2.00. The van der Waals surface area contributed by atoms with E-state index in [-0.39, 0.29) is 11.9 Å². The number of nitrogens with zero attached hydrogens (tertiary/aromatic N) is 6. The highest BCUT2D eigenvalue weighted by Gasteiger charge is 2.31. The van der Waals surface area contributed by atoms with Crippen LogP contribution < -0.4 is 4.90 Å². The van der Waals surface area contributed by atoms with Crippen molar-refractivity contribution in [3.05, 3.63) is 18.1 Å². The van der Waals surface area contributed by atoms with Crippen LogP contribution in [-0.4, -0.2) is 71.0 Å². The Labute approximate surface area is 141 Å². The molecule has 2 atom stereocenters. The van der Waals surface area contributed by atoms with E-state index in [2.05, 4.69) is 39.2 Å². The van der Waals surface area contributed by atoms with Crippen molar-refractivity contribution in [1.29, 1.82) is 0 Å². The minimum absolute atomic E-state index is 0.142. The second-order valence-electron chi connectivity index (χ2n) is 6.59. The van der Waals surface area contributed by atoms with E-state index >= 15 is 0 Å². The molecule has 0 radical (unpaired) electrons. The van der Waals surface area contributed by atoms with E-state index in [1.165, 1.54) is 7.11 Å². The minimum Gasteiger partial charge on any atom is -0.469 e. The third kappa shape index (κ3) is 3.19. The number of hydrogen-bond acceptors (Lipinski definition) is 7. The predicted molar refractivity (Wildman–Crippen MR) is 89.9 cm³/mol. The van der Waals surface area contributed by atoms with Crippen LogP contribution in [0.1, 0.15) is 18.5 Å². The average molecular weight is 332 g/mol. The molecule has 1 saturated heterocycles. The molecule has 8 heteroatoms. The summed E-state index contributed by atoms with van der Waals surface area (Å²) in [6.07, 6.45) is 3.38. The van der Waals surface area contributed by atoms with Gasteiger partial charge in [-0.15, -0.1) is 10.2 Å². The van der Waals surface area contributed by atoms with Gasteiger partial charge in [0.15, 0.2) is 0 Å². The third-order valence-electron chi connectivity index (χ3n) is 4.70. The Morgan fingerprint density at radius 3 is 2.83 bits per heavy atom. The standard InChI is InChI=1S/C16H24N6O2/c1-11-7-14(15-18-17-10-22(15)19-11)21-8-12(16(23)24-4)5-6-13(9-21)20(2)3/h7,10,12-13H,5-6,8-9H2,1-4H3/t12-,13+/m0/s1. The van der Waals surface area contributed by atoms with Crippen molar-refractivity contribution in [3.8, 4) is 0 Å². The molecule has 0 spiro atoms. The molecule has 130 valence electrons. The molecule has 0 saturated carbocycles. The molecule has 0 bridgehead atoms. The smallest absolute Gasteiger partial charge is 0.310 e. The summed E-state index contributed by atoms with van der Waals surface area (Å²) in [7, 11) is 5.60. The summed E-state index contributed by atoms with van der Waals surface area (Å²) in [5, 5.41) is 12.6. The number of carbonyl (C=O) groups excluding carboxylic acids is 1. The number of esters is 1. The first kappa shape index (κ1) is 16.6. The van der Waals surface area contributed by atoms with Crippen molar-refractivity contribution in [2.75, 3.05) is 39.2 Å². The summed E-state index contributed by atoms with van der Waals surface area (Å²) in [6, 6.07) is 2.37. The molecule has 2 aromatic rings. The first-order valence-electron chi connectivity index (χ1n) is 8.16. The largest absolute Gasteiger partial charge is 0.469 e. The van der Waals surface area contributed by atoms with Crippen LogP contribution in [0.15, 0.2) is 12.4 Å². The lowest BCUT2D eigenvalue weighted by Gasteiger charge is -2.30. The number of likely N-dealkylation sites (N-methyl/N-ethyl adjacent to an activating group) is 1. The molecule has 1 aliphatic rings. The van der Waals surface area contributed by atoms with Crippen molar-refractivity contribution >= 4 is 17.3 Å². The van der Waals surface area contributed by atoms with E-state index in [9.17, 15) is 4.79 Å². The molecular weight excluding hydrogens is 308 g/mol. The fourth-order valence-corrected chi connectivity index (χ4v) is 3.31. The highest BCUT2D eigenvalue weighted by Crippen LogP contribution is 2.27. The number of methoxy groups -OCH3 is 1. The number of aryl methyl sites for hydroxylation is 1. The summed E-state index contributed by atoms with van der Waals surface area (Å²) >= 11 is 0.